The van der Waals surface area contributed by atoms with Crippen LogP contribution in [0.2, 0.25) is 0 Å². The summed E-state index contributed by atoms with van der Waals surface area (Å²) in [6, 6.07) is 5.75. The molecule has 0 atom stereocenters. The molecule has 0 saturated carbocycles. The lowest BCUT2D eigenvalue weighted by Gasteiger charge is -2.26. The third kappa shape index (κ3) is 4.16. The van der Waals surface area contributed by atoms with E-state index < -0.39 is 0 Å². The molecule has 1 aromatic heterocycles. The SMILES string of the molecule is CCCCNC(=O)c1nn(CCN2CCOCC2)c2c(OC)cccc12. The number of ether oxygens (including phenoxy) is 2. The molecule has 1 amide bonds. The van der Waals surface area contributed by atoms with E-state index in [2.05, 4.69) is 22.2 Å². The van der Waals surface area contributed by atoms with Crippen LogP contribution in [0.5, 0.6) is 5.75 Å². The van der Waals surface area contributed by atoms with Gasteiger partial charge in [0.05, 0.1) is 26.9 Å². The van der Waals surface area contributed by atoms with Crippen molar-refractivity contribution >= 4 is 16.8 Å². The van der Waals surface area contributed by atoms with Crippen LogP contribution in [-0.4, -0.2) is 67.1 Å². The molecule has 1 aliphatic rings. The molecular weight excluding hydrogens is 332 g/mol. The Labute approximate surface area is 154 Å². The van der Waals surface area contributed by atoms with Gasteiger partial charge in [-0.3, -0.25) is 14.4 Å². The van der Waals surface area contributed by atoms with Crippen molar-refractivity contribution in [2.45, 2.75) is 26.3 Å². The van der Waals surface area contributed by atoms with Crippen molar-refractivity contribution in [1.82, 2.24) is 20.0 Å². The van der Waals surface area contributed by atoms with Crippen LogP contribution in [0.1, 0.15) is 30.3 Å². The summed E-state index contributed by atoms with van der Waals surface area (Å²) in [5.74, 6) is 0.617. The van der Waals surface area contributed by atoms with Gasteiger partial charge < -0.3 is 14.8 Å². The molecule has 1 fully saturated rings. The zero-order valence-corrected chi connectivity index (χ0v) is 15.7. The van der Waals surface area contributed by atoms with Crippen molar-refractivity contribution in [3.63, 3.8) is 0 Å². The molecular formula is C19H28N4O3. The number of para-hydroxylation sites is 1. The van der Waals surface area contributed by atoms with Crippen LogP contribution in [-0.2, 0) is 11.3 Å². The second kappa shape index (κ2) is 9.00. The number of rotatable bonds is 8. The predicted molar refractivity (Wildman–Crippen MR) is 101 cm³/mol. The maximum Gasteiger partial charge on any atom is 0.272 e. The van der Waals surface area contributed by atoms with Crippen LogP contribution in [0.15, 0.2) is 18.2 Å². The normalized spacial score (nSPS) is 15.3. The summed E-state index contributed by atoms with van der Waals surface area (Å²) in [7, 11) is 1.65. The molecule has 0 aliphatic carbocycles. The molecule has 0 radical (unpaired) electrons. The number of unbranched alkanes of at least 4 members (excludes halogenated alkanes) is 1. The van der Waals surface area contributed by atoms with Gasteiger partial charge in [0.2, 0.25) is 0 Å². The van der Waals surface area contributed by atoms with E-state index in [0.29, 0.717) is 18.8 Å². The van der Waals surface area contributed by atoms with E-state index in [-0.39, 0.29) is 5.91 Å². The molecule has 0 spiro atoms. The van der Waals surface area contributed by atoms with Gasteiger partial charge in [0.15, 0.2) is 5.69 Å². The highest BCUT2D eigenvalue weighted by Gasteiger charge is 2.20. The van der Waals surface area contributed by atoms with Crippen LogP contribution in [0.25, 0.3) is 10.9 Å². The monoisotopic (exact) mass is 360 g/mol. The molecule has 2 aromatic rings. The van der Waals surface area contributed by atoms with E-state index in [9.17, 15) is 4.79 Å². The molecule has 1 saturated heterocycles. The van der Waals surface area contributed by atoms with Gasteiger partial charge in [-0.1, -0.05) is 25.5 Å². The Kier molecular flexibility index (Phi) is 6.46. The molecule has 2 heterocycles. The van der Waals surface area contributed by atoms with Crippen molar-refractivity contribution in [3.8, 4) is 5.75 Å². The fourth-order valence-corrected chi connectivity index (χ4v) is 3.22. The smallest absolute Gasteiger partial charge is 0.272 e. The molecule has 1 aromatic carbocycles. The quantitative estimate of drug-likeness (QED) is 0.729. The van der Waals surface area contributed by atoms with Crippen LogP contribution >= 0.6 is 0 Å². The molecule has 26 heavy (non-hydrogen) atoms. The summed E-state index contributed by atoms with van der Waals surface area (Å²) in [6.45, 7) is 7.76. The number of fused-ring (bicyclic) bond motifs is 1. The number of nitrogens with zero attached hydrogens (tertiary/aromatic N) is 3. The fourth-order valence-electron chi connectivity index (χ4n) is 3.22. The number of morpholine rings is 1. The van der Waals surface area contributed by atoms with E-state index in [1.807, 2.05) is 22.9 Å². The summed E-state index contributed by atoms with van der Waals surface area (Å²) < 4.78 is 12.8. The number of amides is 1. The van der Waals surface area contributed by atoms with Crippen LogP contribution < -0.4 is 10.1 Å². The second-order valence-electron chi connectivity index (χ2n) is 6.49. The zero-order chi connectivity index (χ0) is 18.4. The van der Waals surface area contributed by atoms with E-state index in [1.54, 1.807) is 7.11 Å². The zero-order valence-electron chi connectivity index (χ0n) is 15.7. The van der Waals surface area contributed by atoms with E-state index in [4.69, 9.17) is 9.47 Å². The van der Waals surface area contributed by atoms with E-state index in [0.717, 1.165) is 62.3 Å². The lowest BCUT2D eigenvalue weighted by molar-refractivity contribution is 0.0361. The summed E-state index contributed by atoms with van der Waals surface area (Å²) in [6.07, 6.45) is 2.01. The largest absolute Gasteiger partial charge is 0.494 e. The van der Waals surface area contributed by atoms with Gasteiger partial charge in [-0.25, -0.2) is 0 Å². The van der Waals surface area contributed by atoms with Crippen molar-refractivity contribution in [2.24, 2.45) is 0 Å². The topological polar surface area (TPSA) is 68.6 Å². The summed E-state index contributed by atoms with van der Waals surface area (Å²) in [5, 5.41) is 8.43. The lowest BCUT2D eigenvalue weighted by atomic mass is 10.2. The van der Waals surface area contributed by atoms with Gasteiger partial charge in [0.1, 0.15) is 11.3 Å². The highest BCUT2D eigenvalue weighted by Crippen LogP contribution is 2.28. The maximum atomic E-state index is 12.6. The standard InChI is InChI=1S/C19H28N4O3/c1-3-4-8-20-19(24)17-15-6-5-7-16(25-2)18(15)23(21-17)10-9-22-11-13-26-14-12-22/h5-7H,3-4,8-14H2,1-2H3,(H,20,24). The highest BCUT2D eigenvalue weighted by molar-refractivity contribution is 6.06. The minimum Gasteiger partial charge on any atom is -0.494 e. The molecule has 0 unspecified atom stereocenters. The molecule has 7 nitrogen and oxygen atoms in total. The fraction of sp³-hybridized carbons (Fsp3) is 0.579. The Balaban J connectivity index is 1.84. The van der Waals surface area contributed by atoms with E-state index in [1.165, 1.54) is 0 Å². The first kappa shape index (κ1) is 18.7. The number of benzene rings is 1. The minimum atomic E-state index is -0.123. The van der Waals surface area contributed by atoms with Gasteiger partial charge in [-0.15, -0.1) is 0 Å². The van der Waals surface area contributed by atoms with Crippen LogP contribution in [0.3, 0.4) is 0 Å². The van der Waals surface area contributed by atoms with Crippen molar-refractivity contribution in [1.29, 1.82) is 0 Å². The average molecular weight is 360 g/mol. The van der Waals surface area contributed by atoms with Gasteiger partial charge in [0.25, 0.3) is 5.91 Å². The first-order valence-electron chi connectivity index (χ1n) is 9.36. The number of carbonyl (C=O) groups is 1. The molecule has 0 bridgehead atoms. The Hall–Kier alpha value is -2.12. The maximum absolute atomic E-state index is 12.6. The highest BCUT2D eigenvalue weighted by atomic mass is 16.5. The summed E-state index contributed by atoms with van der Waals surface area (Å²) in [4.78, 5) is 15.0. The first-order valence-corrected chi connectivity index (χ1v) is 9.36. The van der Waals surface area contributed by atoms with Gasteiger partial charge >= 0.3 is 0 Å². The van der Waals surface area contributed by atoms with Crippen LogP contribution in [0, 0.1) is 0 Å². The lowest BCUT2D eigenvalue weighted by Crippen LogP contribution is -2.38. The first-order chi connectivity index (χ1) is 12.7. The molecule has 7 heteroatoms. The van der Waals surface area contributed by atoms with Gasteiger partial charge in [-0.2, -0.15) is 5.10 Å². The minimum absolute atomic E-state index is 0.123. The number of aromatic nitrogens is 2. The van der Waals surface area contributed by atoms with Gasteiger partial charge in [-0.05, 0) is 12.5 Å². The number of hydrogen-bond donors (Lipinski definition) is 1. The van der Waals surface area contributed by atoms with Crippen molar-refractivity contribution in [3.05, 3.63) is 23.9 Å². The summed E-state index contributed by atoms with van der Waals surface area (Å²) in [5.41, 5.74) is 1.35. The molecule has 1 N–H and O–H groups in total. The molecule has 1 aliphatic heterocycles. The number of nitrogens with one attached hydrogen (secondary N) is 1. The Bertz CT molecular complexity index is 738. The predicted octanol–water partition coefficient (Wildman–Crippen LogP) is 1.91. The number of methoxy groups -OCH3 is 1. The van der Waals surface area contributed by atoms with E-state index >= 15 is 0 Å². The number of carbonyl (C=O) groups excluding carboxylic acids is 1. The van der Waals surface area contributed by atoms with Crippen molar-refractivity contribution in [2.75, 3.05) is 46.5 Å². The summed E-state index contributed by atoms with van der Waals surface area (Å²) >= 11 is 0. The Morgan fingerprint density at radius 3 is 2.85 bits per heavy atom. The molecule has 142 valence electrons. The Morgan fingerprint density at radius 1 is 1.31 bits per heavy atom. The Morgan fingerprint density at radius 2 is 2.12 bits per heavy atom. The number of hydrogen-bond acceptors (Lipinski definition) is 5. The third-order valence-electron chi connectivity index (χ3n) is 4.72. The van der Waals surface area contributed by atoms with Crippen LogP contribution in [0.4, 0.5) is 0 Å². The molecule has 3 rings (SSSR count). The third-order valence-corrected chi connectivity index (χ3v) is 4.72. The second-order valence-corrected chi connectivity index (χ2v) is 6.49. The average Bonchev–Trinajstić information content (AvgIpc) is 3.06. The van der Waals surface area contributed by atoms with Gasteiger partial charge in [0, 0.05) is 31.6 Å². The van der Waals surface area contributed by atoms with Crippen molar-refractivity contribution < 1.29 is 14.3 Å².